The summed E-state index contributed by atoms with van der Waals surface area (Å²) in [6, 6.07) is 0. The molecular weight excluding hydrogens is 170 g/mol. The van der Waals surface area contributed by atoms with E-state index in [1.807, 2.05) is 32.7 Å². The van der Waals surface area contributed by atoms with E-state index in [1.165, 1.54) is 0 Å². The summed E-state index contributed by atoms with van der Waals surface area (Å²) in [5.74, 6) is 1.60. The zero-order chi connectivity index (χ0) is 9.56. The van der Waals surface area contributed by atoms with E-state index in [4.69, 9.17) is 0 Å². The molecule has 0 aliphatic carbocycles. The molecule has 0 N–H and O–H groups in total. The average Bonchev–Trinajstić information content (AvgIpc) is 2.00. The summed E-state index contributed by atoms with van der Waals surface area (Å²) in [5, 5.41) is 0. The third-order valence-corrected chi connectivity index (χ3v) is 2.34. The molecule has 12 heavy (non-hydrogen) atoms. The Hall–Kier alpha value is -0.0200. The predicted molar refractivity (Wildman–Crippen MR) is 55.7 cm³/mol. The van der Waals surface area contributed by atoms with E-state index in [0.717, 1.165) is 12.3 Å². The van der Waals surface area contributed by atoms with Gasteiger partial charge in [-0.25, -0.2) is 0 Å². The lowest BCUT2D eigenvalue weighted by Crippen LogP contribution is -2.30. The maximum absolute atomic E-state index is 11.3. The highest BCUT2D eigenvalue weighted by atomic mass is 32.2. The second-order valence-electron chi connectivity index (χ2n) is 3.35. The molecule has 0 aromatic rings. The molecule has 0 saturated heterocycles. The number of ketones is 1. The van der Waals surface area contributed by atoms with E-state index in [9.17, 15) is 4.79 Å². The van der Waals surface area contributed by atoms with Gasteiger partial charge in [0.15, 0.2) is 0 Å². The largest absolute Gasteiger partial charge is 0.298 e. The van der Waals surface area contributed by atoms with Crippen LogP contribution < -0.4 is 0 Å². The van der Waals surface area contributed by atoms with Gasteiger partial charge in [0.2, 0.25) is 0 Å². The fraction of sp³-hybridized carbons (Fsp3) is 0.889. The molecule has 0 saturated carbocycles. The fourth-order valence-corrected chi connectivity index (χ4v) is 1.27. The Balaban J connectivity index is 3.54. The molecule has 72 valence electrons. The molecule has 0 spiro atoms. The normalized spacial score (nSPS) is 11.2. The van der Waals surface area contributed by atoms with Crippen LogP contribution in [0.4, 0.5) is 0 Å². The van der Waals surface area contributed by atoms with Crippen molar-refractivity contribution < 1.29 is 4.79 Å². The number of carbonyl (C=O) groups excluding carboxylic acids is 1. The van der Waals surface area contributed by atoms with Crippen LogP contribution in [0.5, 0.6) is 0 Å². The minimum atomic E-state index is 0.168. The summed E-state index contributed by atoms with van der Waals surface area (Å²) >= 11 is 1.81. The Morgan fingerprint density at radius 3 is 2.50 bits per heavy atom. The Bertz CT molecular complexity index is 136. The maximum atomic E-state index is 11.3. The molecule has 2 nitrogen and oxygen atoms in total. The first-order chi connectivity index (χ1) is 5.57. The first-order valence-electron chi connectivity index (χ1n) is 4.28. The number of rotatable bonds is 6. The zero-order valence-electron chi connectivity index (χ0n) is 8.46. The standard InChI is InChI=1S/C9H19NOS/c1-8(2)9(11)7-10(3)5-6-12-4/h8H,5-7H2,1-4H3. The summed E-state index contributed by atoms with van der Waals surface area (Å²) in [4.78, 5) is 13.4. The summed E-state index contributed by atoms with van der Waals surface area (Å²) in [5.41, 5.74) is 0. The molecule has 0 fully saturated rings. The molecule has 0 heterocycles. The minimum Gasteiger partial charge on any atom is -0.298 e. The highest BCUT2D eigenvalue weighted by Gasteiger charge is 2.09. The molecule has 0 aliphatic heterocycles. The van der Waals surface area contributed by atoms with Crippen molar-refractivity contribution in [2.75, 3.05) is 32.1 Å². The van der Waals surface area contributed by atoms with Gasteiger partial charge in [0.1, 0.15) is 5.78 Å². The third kappa shape index (κ3) is 5.61. The smallest absolute Gasteiger partial charge is 0.149 e. The van der Waals surface area contributed by atoms with Gasteiger partial charge in [-0.15, -0.1) is 0 Å². The van der Waals surface area contributed by atoms with Crippen LogP contribution in [0.15, 0.2) is 0 Å². The number of carbonyl (C=O) groups is 1. The molecule has 3 heteroatoms. The van der Waals surface area contributed by atoms with Crippen molar-refractivity contribution in [1.29, 1.82) is 0 Å². The second kappa shape index (κ2) is 6.49. The van der Waals surface area contributed by atoms with Gasteiger partial charge >= 0.3 is 0 Å². The predicted octanol–water partition coefficient (Wildman–Crippen LogP) is 1.51. The average molecular weight is 189 g/mol. The van der Waals surface area contributed by atoms with Gasteiger partial charge in [-0.3, -0.25) is 9.69 Å². The molecule has 0 bridgehead atoms. The number of hydrogen-bond acceptors (Lipinski definition) is 3. The van der Waals surface area contributed by atoms with Gasteiger partial charge in [-0.05, 0) is 13.3 Å². The van der Waals surface area contributed by atoms with Crippen LogP contribution in [-0.4, -0.2) is 42.8 Å². The van der Waals surface area contributed by atoms with E-state index in [0.29, 0.717) is 12.3 Å². The highest BCUT2D eigenvalue weighted by Crippen LogP contribution is 1.98. The van der Waals surface area contributed by atoms with Gasteiger partial charge in [0.05, 0.1) is 6.54 Å². The number of nitrogens with zero attached hydrogens (tertiary/aromatic N) is 1. The summed E-state index contributed by atoms with van der Waals surface area (Å²) < 4.78 is 0. The van der Waals surface area contributed by atoms with Gasteiger partial charge < -0.3 is 0 Å². The van der Waals surface area contributed by atoms with Gasteiger partial charge in [-0.2, -0.15) is 11.8 Å². The van der Waals surface area contributed by atoms with E-state index >= 15 is 0 Å². The number of likely N-dealkylation sites (N-methyl/N-ethyl adjacent to an activating group) is 1. The van der Waals surface area contributed by atoms with E-state index in [-0.39, 0.29) is 5.92 Å². The lowest BCUT2D eigenvalue weighted by Gasteiger charge is -2.15. The monoisotopic (exact) mass is 189 g/mol. The molecule has 0 aromatic heterocycles. The quantitative estimate of drug-likeness (QED) is 0.631. The number of Topliss-reactive ketones (excluding diaryl/α,β-unsaturated/α-hetero) is 1. The molecule has 0 unspecified atom stereocenters. The Kier molecular flexibility index (Phi) is 6.48. The third-order valence-electron chi connectivity index (χ3n) is 1.75. The van der Waals surface area contributed by atoms with E-state index < -0.39 is 0 Å². The van der Waals surface area contributed by atoms with Crippen molar-refractivity contribution >= 4 is 17.5 Å². The summed E-state index contributed by atoms with van der Waals surface area (Å²) in [6.45, 7) is 5.49. The van der Waals surface area contributed by atoms with Crippen LogP contribution in [0.1, 0.15) is 13.8 Å². The minimum absolute atomic E-state index is 0.168. The van der Waals surface area contributed by atoms with Crippen LogP contribution in [0.25, 0.3) is 0 Å². The van der Waals surface area contributed by atoms with E-state index in [1.54, 1.807) is 0 Å². The lowest BCUT2D eigenvalue weighted by molar-refractivity contribution is -0.122. The fourth-order valence-electron chi connectivity index (χ4n) is 0.775. The van der Waals surface area contributed by atoms with Crippen molar-refractivity contribution in [2.24, 2.45) is 5.92 Å². The summed E-state index contributed by atoms with van der Waals surface area (Å²) in [6.07, 6.45) is 2.08. The second-order valence-corrected chi connectivity index (χ2v) is 4.34. The van der Waals surface area contributed by atoms with Gasteiger partial charge in [0, 0.05) is 18.2 Å². The van der Waals surface area contributed by atoms with Gasteiger partial charge in [0.25, 0.3) is 0 Å². The molecular formula is C9H19NOS. The Morgan fingerprint density at radius 1 is 1.50 bits per heavy atom. The highest BCUT2D eigenvalue weighted by molar-refractivity contribution is 7.98. The van der Waals surface area contributed by atoms with Crippen molar-refractivity contribution in [2.45, 2.75) is 13.8 Å². The first-order valence-corrected chi connectivity index (χ1v) is 5.67. The van der Waals surface area contributed by atoms with Gasteiger partial charge in [-0.1, -0.05) is 13.8 Å². The van der Waals surface area contributed by atoms with E-state index in [2.05, 4.69) is 11.2 Å². The van der Waals surface area contributed by atoms with Crippen molar-refractivity contribution in [1.82, 2.24) is 4.90 Å². The SMILES string of the molecule is CSCCN(C)CC(=O)C(C)C. The van der Waals surface area contributed by atoms with Crippen LogP contribution in [0.2, 0.25) is 0 Å². The topological polar surface area (TPSA) is 20.3 Å². The lowest BCUT2D eigenvalue weighted by atomic mass is 10.1. The maximum Gasteiger partial charge on any atom is 0.149 e. The Morgan fingerprint density at radius 2 is 2.08 bits per heavy atom. The Labute approximate surface area is 79.7 Å². The first kappa shape index (κ1) is 12.0. The molecule has 0 rings (SSSR count). The molecule has 0 amide bonds. The molecule has 0 aromatic carbocycles. The number of thioether (sulfide) groups is 1. The van der Waals surface area contributed by atoms with Crippen molar-refractivity contribution in [3.05, 3.63) is 0 Å². The van der Waals surface area contributed by atoms with Crippen molar-refractivity contribution in [3.8, 4) is 0 Å². The van der Waals surface area contributed by atoms with Crippen LogP contribution in [-0.2, 0) is 4.79 Å². The van der Waals surface area contributed by atoms with Crippen LogP contribution >= 0.6 is 11.8 Å². The zero-order valence-corrected chi connectivity index (χ0v) is 9.28. The molecule has 0 atom stereocenters. The summed E-state index contributed by atoms with van der Waals surface area (Å²) in [7, 11) is 2.00. The molecule has 0 aliphatic rings. The van der Waals surface area contributed by atoms with Crippen LogP contribution in [0, 0.1) is 5.92 Å². The van der Waals surface area contributed by atoms with Crippen molar-refractivity contribution in [3.63, 3.8) is 0 Å². The molecule has 0 radical (unpaired) electrons. The van der Waals surface area contributed by atoms with Crippen LogP contribution in [0.3, 0.4) is 0 Å². The number of hydrogen-bond donors (Lipinski definition) is 0.